The van der Waals surface area contributed by atoms with E-state index in [0.717, 1.165) is 0 Å². The number of H-pyrrole nitrogens is 1. The number of nitrogens with one attached hydrogen (secondary N) is 1. The maximum absolute atomic E-state index is 3.40. The highest BCUT2D eigenvalue weighted by molar-refractivity contribution is 5.23. The van der Waals surface area contributed by atoms with Crippen molar-refractivity contribution in [2.45, 2.75) is 219 Å². The normalized spacial score (nSPS) is 11.5. The summed E-state index contributed by atoms with van der Waals surface area (Å²) in [6.45, 7) is 4.61. The largest absolute Gasteiger partial charge is 0.367 e. The van der Waals surface area contributed by atoms with Gasteiger partial charge in [-0.1, -0.05) is 194 Å². The van der Waals surface area contributed by atoms with Gasteiger partial charge in [0.2, 0.25) is 0 Å². The minimum absolute atomic E-state index is 1.29. The molecule has 0 fully saturated rings. The molecule has 1 aromatic rings. The summed E-state index contributed by atoms with van der Waals surface area (Å²) in [5.41, 5.74) is 3.21. The van der Waals surface area contributed by atoms with Gasteiger partial charge >= 0.3 is 0 Å². The zero-order chi connectivity index (χ0) is 27.9. The van der Waals surface area contributed by atoms with E-state index in [9.17, 15) is 0 Å². The highest BCUT2D eigenvalue weighted by Crippen LogP contribution is 2.19. The standard InChI is InChI=1S/C38H73N/c1-3-5-7-9-11-13-15-17-19-20-22-24-26-28-30-32-34-38-36-39-35-37(38)33-31-29-27-25-23-21-18-16-14-12-10-8-6-4-2/h35-36,39H,3-34H2,1-2H3. The molecule has 0 bridgehead atoms. The van der Waals surface area contributed by atoms with Crippen molar-refractivity contribution in [2.24, 2.45) is 0 Å². The summed E-state index contributed by atoms with van der Waals surface area (Å²) in [6, 6.07) is 0. The number of hydrogen-bond acceptors (Lipinski definition) is 0. The van der Waals surface area contributed by atoms with Gasteiger partial charge in [0.1, 0.15) is 0 Å². The van der Waals surface area contributed by atoms with Gasteiger partial charge < -0.3 is 4.98 Å². The van der Waals surface area contributed by atoms with Crippen LogP contribution in [0.15, 0.2) is 12.4 Å². The zero-order valence-corrected chi connectivity index (χ0v) is 27.3. The van der Waals surface area contributed by atoms with Gasteiger partial charge in [0, 0.05) is 12.4 Å². The molecule has 0 saturated heterocycles. The Bertz CT molecular complexity index is 573. The Hall–Kier alpha value is -0.720. The van der Waals surface area contributed by atoms with E-state index in [1.54, 1.807) is 11.1 Å². The van der Waals surface area contributed by atoms with Crippen LogP contribution in [-0.2, 0) is 12.8 Å². The summed E-state index contributed by atoms with van der Waals surface area (Å²) in [4.78, 5) is 3.40. The van der Waals surface area contributed by atoms with Crippen molar-refractivity contribution < 1.29 is 0 Å². The molecule has 1 N–H and O–H groups in total. The van der Waals surface area contributed by atoms with E-state index in [1.807, 2.05) is 0 Å². The quantitative estimate of drug-likeness (QED) is 0.0869. The Kier molecular flexibility index (Phi) is 28.2. The number of rotatable bonds is 32. The molecule has 0 aromatic carbocycles. The van der Waals surface area contributed by atoms with Crippen molar-refractivity contribution in [3.8, 4) is 0 Å². The van der Waals surface area contributed by atoms with Crippen LogP contribution >= 0.6 is 0 Å². The molecule has 0 aliphatic rings. The summed E-state index contributed by atoms with van der Waals surface area (Å²) < 4.78 is 0. The molecule has 230 valence electrons. The van der Waals surface area contributed by atoms with Crippen molar-refractivity contribution in [1.29, 1.82) is 0 Å². The highest BCUT2D eigenvalue weighted by atomic mass is 14.6. The first kappa shape index (κ1) is 36.3. The van der Waals surface area contributed by atoms with E-state index in [2.05, 4.69) is 31.2 Å². The second-order valence-corrected chi connectivity index (χ2v) is 12.9. The minimum Gasteiger partial charge on any atom is -0.367 e. The Morgan fingerprint density at radius 2 is 0.513 bits per heavy atom. The average molecular weight is 544 g/mol. The fourth-order valence-electron chi connectivity index (χ4n) is 6.27. The maximum atomic E-state index is 3.40. The van der Waals surface area contributed by atoms with Crippen LogP contribution in [0.5, 0.6) is 0 Å². The molecule has 0 spiro atoms. The number of aromatic amines is 1. The van der Waals surface area contributed by atoms with Crippen molar-refractivity contribution in [3.05, 3.63) is 23.5 Å². The molecule has 1 aromatic heterocycles. The molecule has 0 unspecified atom stereocenters. The highest BCUT2D eigenvalue weighted by Gasteiger charge is 2.04. The van der Waals surface area contributed by atoms with E-state index < -0.39 is 0 Å². The number of aromatic nitrogens is 1. The Balaban J connectivity index is 1.83. The van der Waals surface area contributed by atoms with E-state index >= 15 is 0 Å². The van der Waals surface area contributed by atoms with Crippen LogP contribution in [0.2, 0.25) is 0 Å². The monoisotopic (exact) mass is 544 g/mol. The number of unbranched alkanes of at least 4 members (excludes halogenated alkanes) is 28. The number of hydrogen-bond donors (Lipinski definition) is 1. The van der Waals surface area contributed by atoms with Gasteiger partial charge in [-0.3, -0.25) is 0 Å². The van der Waals surface area contributed by atoms with Gasteiger partial charge in [0.15, 0.2) is 0 Å². The first-order valence-corrected chi connectivity index (χ1v) is 18.5. The topological polar surface area (TPSA) is 15.8 Å². The van der Waals surface area contributed by atoms with Crippen molar-refractivity contribution in [3.63, 3.8) is 0 Å². The van der Waals surface area contributed by atoms with Gasteiger partial charge in [-0.15, -0.1) is 0 Å². The molecular formula is C38H73N. The molecule has 0 aliphatic carbocycles. The van der Waals surface area contributed by atoms with Crippen LogP contribution in [0.1, 0.15) is 218 Å². The molecule has 0 amide bonds. The lowest BCUT2D eigenvalue weighted by Gasteiger charge is -2.06. The predicted molar refractivity (Wildman–Crippen MR) is 178 cm³/mol. The third kappa shape index (κ3) is 24.8. The molecule has 1 rings (SSSR count). The molecular weight excluding hydrogens is 470 g/mol. The van der Waals surface area contributed by atoms with Crippen LogP contribution in [0.4, 0.5) is 0 Å². The first-order chi connectivity index (χ1) is 19.4. The SMILES string of the molecule is CCCCCCCCCCCCCCCCCCc1c[nH]cc1CCCCCCCCCCCCCCCC. The summed E-state index contributed by atoms with van der Waals surface area (Å²) >= 11 is 0. The van der Waals surface area contributed by atoms with Gasteiger partial charge in [0.05, 0.1) is 0 Å². The average Bonchev–Trinajstić information content (AvgIpc) is 3.40. The number of aryl methyl sites for hydroxylation is 2. The molecule has 0 aliphatic heterocycles. The van der Waals surface area contributed by atoms with E-state index in [4.69, 9.17) is 0 Å². The van der Waals surface area contributed by atoms with Crippen molar-refractivity contribution in [1.82, 2.24) is 4.98 Å². The second-order valence-electron chi connectivity index (χ2n) is 12.9. The van der Waals surface area contributed by atoms with Crippen LogP contribution in [0.25, 0.3) is 0 Å². The predicted octanol–water partition coefficient (Wildman–Crippen LogP) is 13.8. The lowest BCUT2D eigenvalue weighted by molar-refractivity contribution is 0.529. The fraction of sp³-hybridized carbons (Fsp3) is 0.895. The van der Waals surface area contributed by atoms with Crippen molar-refractivity contribution in [2.75, 3.05) is 0 Å². The fourth-order valence-corrected chi connectivity index (χ4v) is 6.27. The van der Waals surface area contributed by atoms with Gasteiger partial charge in [0.25, 0.3) is 0 Å². The van der Waals surface area contributed by atoms with Gasteiger partial charge in [-0.2, -0.15) is 0 Å². The smallest absolute Gasteiger partial charge is 0.00401 e. The lowest BCUT2D eigenvalue weighted by atomic mass is 9.99. The Morgan fingerprint density at radius 3 is 0.744 bits per heavy atom. The van der Waals surface area contributed by atoms with Crippen LogP contribution in [-0.4, -0.2) is 4.98 Å². The molecule has 1 heteroatoms. The third-order valence-electron chi connectivity index (χ3n) is 9.03. The molecule has 0 saturated carbocycles. The summed E-state index contributed by atoms with van der Waals surface area (Å²) in [5, 5.41) is 0. The third-order valence-corrected chi connectivity index (χ3v) is 9.03. The van der Waals surface area contributed by atoms with Crippen LogP contribution in [0, 0.1) is 0 Å². The van der Waals surface area contributed by atoms with Crippen LogP contribution in [0.3, 0.4) is 0 Å². The molecule has 39 heavy (non-hydrogen) atoms. The molecule has 1 heterocycles. The van der Waals surface area contributed by atoms with Gasteiger partial charge in [-0.25, -0.2) is 0 Å². The first-order valence-electron chi connectivity index (χ1n) is 18.5. The van der Waals surface area contributed by atoms with Gasteiger partial charge in [-0.05, 0) is 36.8 Å². The molecule has 0 atom stereocenters. The summed E-state index contributed by atoms with van der Waals surface area (Å²) in [7, 11) is 0. The molecule has 1 nitrogen and oxygen atoms in total. The lowest BCUT2D eigenvalue weighted by Crippen LogP contribution is -1.92. The van der Waals surface area contributed by atoms with E-state index in [1.165, 1.54) is 205 Å². The second kappa shape index (κ2) is 30.2. The Morgan fingerprint density at radius 1 is 0.308 bits per heavy atom. The summed E-state index contributed by atoms with van der Waals surface area (Å²) in [6.07, 6.45) is 50.6. The summed E-state index contributed by atoms with van der Waals surface area (Å²) in [5.74, 6) is 0. The van der Waals surface area contributed by atoms with Crippen molar-refractivity contribution >= 4 is 0 Å². The molecule has 0 radical (unpaired) electrons. The maximum Gasteiger partial charge on any atom is 0.00401 e. The van der Waals surface area contributed by atoms with Crippen LogP contribution < -0.4 is 0 Å². The van der Waals surface area contributed by atoms with E-state index in [0.29, 0.717) is 0 Å². The Labute approximate surface area is 247 Å². The zero-order valence-electron chi connectivity index (χ0n) is 27.3. The minimum atomic E-state index is 1.29. The van der Waals surface area contributed by atoms with E-state index in [-0.39, 0.29) is 0 Å².